The van der Waals surface area contributed by atoms with E-state index in [1.165, 1.54) is 22.6 Å². The average Bonchev–Trinajstić information content (AvgIpc) is 3.32. The molecule has 0 N–H and O–H groups in total. The Labute approximate surface area is 164 Å². The molecule has 2 heterocycles. The Kier molecular flexibility index (Phi) is 4.45. The summed E-state index contributed by atoms with van der Waals surface area (Å²) in [4.78, 5) is 14.4. The topological polar surface area (TPSA) is 56.6 Å². The summed E-state index contributed by atoms with van der Waals surface area (Å²) in [5, 5.41) is 3.63. The molecule has 1 amide bonds. The Morgan fingerprint density at radius 1 is 1.10 bits per heavy atom. The van der Waals surface area contributed by atoms with Gasteiger partial charge in [-0.15, -0.1) is 0 Å². The molecule has 1 aliphatic heterocycles. The molecule has 29 heavy (non-hydrogen) atoms. The molecule has 4 rings (SSSR count). The van der Waals surface area contributed by atoms with Gasteiger partial charge in [0, 0.05) is 30.1 Å². The standard InChI is InChI=1S/C20H16F3N3O3/c1-12-8-18(20(21,22)23)24-26(12)15-5-3-4-13(9-15)19(27)25(2)14-6-7-16-17(10-14)29-11-28-16/h3-10H,11H2,1-2H3. The number of rotatable bonds is 3. The highest BCUT2D eigenvalue weighted by Crippen LogP contribution is 2.35. The van der Waals surface area contributed by atoms with Crippen LogP contribution in [0.5, 0.6) is 11.5 Å². The first-order valence-electron chi connectivity index (χ1n) is 8.66. The number of aryl methyl sites for hydroxylation is 1. The molecule has 0 radical (unpaired) electrons. The van der Waals surface area contributed by atoms with Crippen LogP contribution in [-0.4, -0.2) is 29.5 Å². The van der Waals surface area contributed by atoms with Crippen LogP contribution in [-0.2, 0) is 6.18 Å². The second kappa shape index (κ2) is 6.84. The molecule has 0 unspecified atom stereocenters. The molecule has 1 aliphatic rings. The van der Waals surface area contributed by atoms with Gasteiger partial charge in [-0.3, -0.25) is 4.79 Å². The van der Waals surface area contributed by atoms with Crippen molar-refractivity contribution < 1.29 is 27.4 Å². The number of carbonyl (C=O) groups excluding carboxylic acids is 1. The third-order valence-electron chi connectivity index (χ3n) is 4.56. The van der Waals surface area contributed by atoms with Crippen molar-refractivity contribution >= 4 is 11.6 Å². The lowest BCUT2D eigenvalue weighted by Crippen LogP contribution is -2.26. The molecule has 150 valence electrons. The summed E-state index contributed by atoms with van der Waals surface area (Å²) in [6, 6.07) is 12.4. The number of alkyl halides is 3. The van der Waals surface area contributed by atoms with E-state index >= 15 is 0 Å². The van der Waals surface area contributed by atoms with Crippen LogP contribution in [0.1, 0.15) is 21.7 Å². The van der Waals surface area contributed by atoms with Crippen LogP contribution in [0.2, 0.25) is 0 Å². The van der Waals surface area contributed by atoms with Crippen molar-refractivity contribution in [3.8, 4) is 17.2 Å². The highest BCUT2D eigenvalue weighted by Gasteiger charge is 2.34. The summed E-state index contributed by atoms with van der Waals surface area (Å²) in [7, 11) is 1.60. The van der Waals surface area contributed by atoms with Gasteiger partial charge < -0.3 is 14.4 Å². The Hall–Kier alpha value is -3.49. The van der Waals surface area contributed by atoms with Crippen LogP contribution >= 0.6 is 0 Å². The van der Waals surface area contributed by atoms with Crippen LogP contribution in [0.4, 0.5) is 18.9 Å². The number of benzene rings is 2. The predicted octanol–water partition coefficient (Wildman–Crippen LogP) is 4.20. The van der Waals surface area contributed by atoms with E-state index in [1.807, 2.05) is 0 Å². The summed E-state index contributed by atoms with van der Waals surface area (Å²) in [5.41, 5.74) is 0.601. The van der Waals surface area contributed by atoms with Crippen molar-refractivity contribution in [2.45, 2.75) is 13.1 Å². The highest BCUT2D eigenvalue weighted by atomic mass is 19.4. The molecule has 3 aromatic rings. The van der Waals surface area contributed by atoms with Crippen molar-refractivity contribution in [2.24, 2.45) is 0 Å². The molecule has 0 fully saturated rings. The minimum Gasteiger partial charge on any atom is -0.454 e. The van der Waals surface area contributed by atoms with Crippen molar-refractivity contribution in [3.05, 3.63) is 65.5 Å². The van der Waals surface area contributed by atoms with Crippen molar-refractivity contribution in [3.63, 3.8) is 0 Å². The summed E-state index contributed by atoms with van der Waals surface area (Å²) in [5.74, 6) is 0.820. The van der Waals surface area contributed by atoms with Gasteiger partial charge in [0.1, 0.15) is 0 Å². The number of hydrogen-bond acceptors (Lipinski definition) is 4. The summed E-state index contributed by atoms with van der Waals surface area (Å²) < 4.78 is 50.6. The zero-order valence-corrected chi connectivity index (χ0v) is 15.5. The van der Waals surface area contributed by atoms with E-state index in [0.717, 1.165) is 6.07 Å². The second-order valence-electron chi connectivity index (χ2n) is 6.53. The number of ether oxygens (including phenoxy) is 2. The van der Waals surface area contributed by atoms with E-state index in [1.54, 1.807) is 43.4 Å². The Balaban J connectivity index is 1.63. The first-order chi connectivity index (χ1) is 13.7. The fraction of sp³-hybridized carbons (Fsp3) is 0.200. The summed E-state index contributed by atoms with van der Waals surface area (Å²) in [6.07, 6.45) is -4.54. The molecule has 1 aromatic heterocycles. The fourth-order valence-electron chi connectivity index (χ4n) is 3.05. The van der Waals surface area contributed by atoms with Gasteiger partial charge in [-0.05, 0) is 43.3 Å². The molecule has 6 nitrogen and oxygen atoms in total. The maximum Gasteiger partial charge on any atom is 0.435 e. The number of aromatic nitrogens is 2. The van der Waals surface area contributed by atoms with E-state index in [4.69, 9.17) is 9.47 Å². The second-order valence-corrected chi connectivity index (χ2v) is 6.53. The van der Waals surface area contributed by atoms with E-state index in [2.05, 4.69) is 5.10 Å². The SMILES string of the molecule is Cc1cc(C(F)(F)F)nn1-c1cccc(C(=O)N(C)c2ccc3c(c2)OCO3)c1. The summed E-state index contributed by atoms with van der Waals surface area (Å²) >= 11 is 0. The number of hydrogen-bond donors (Lipinski definition) is 0. The van der Waals surface area contributed by atoms with Gasteiger partial charge in [0.2, 0.25) is 6.79 Å². The van der Waals surface area contributed by atoms with E-state index in [-0.39, 0.29) is 12.7 Å². The smallest absolute Gasteiger partial charge is 0.435 e. The number of nitrogens with zero attached hydrogens (tertiary/aromatic N) is 3. The van der Waals surface area contributed by atoms with E-state index in [0.29, 0.717) is 34.1 Å². The van der Waals surface area contributed by atoms with E-state index in [9.17, 15) is 18.0 Å². The van der Waals surface area contributed by atoms with Gasteiger partial charge in [0.05, 0.1) is 5.69 Å². The molecular formula is C20H16F3N3O3. The molecule has 0 aliphatic carbocycles. The largest absolute Gasteiger partial charge is 0.454 e. The van der Waals surface area contributed by atoms with Crippen LogP contribution in [0.25, 0.3) is 5.69 Å². The first kappa shape index (κ1) is 18.9. The van der Waals surface area contributed by atoms with Crippen molar-refractivity contribution in [1.29, 1.82) is 0 Å². The van der Waals surface area contributed by atoms with Gasteiger partial charge in [0.15, 0.2) is 17.2 Å². The molecule has 9 heteroatoms. The van der Waals surface area contributed by atoms with Gasteiger partial charge in [-0.1, -0.05) is 6.07 Å². The van der Waals surface area contributed by atoms with Crippen molar-refractivity contribution in [1.82, 2.24) is 9.78 Å². The first-order valence-corrected chi connectivity index (χ1v) is 8.66. The molecule has 0 atom stereocenters. The lowest BCUT2D eigenvalue weighted by Gasteiger charge is -2.18. The third-order valence-corrected chi connectivity index (χ3v) is 4.56. The average molecular weight is 403 g/mol. The number of amides is 1. The monoisotopic (exact) mass is 403 g/mol. The number of fused-ring (bicyclic) bond motifs is 1. The Morgan fingerprint density at radius 2 is 1.86 bits per heavy atom. The van der Waals surface area contributed by atoms with Crippen LogP contribution < -0.4 is 14.4 Å². The van der Waals surface area contributed by atoms with Crippen LogP contribution in [0, 0.1) is 6.92 Å². The molecule has 0 bridgehead atoms. The molecule has 2 aromatic carbocycles. The maximum absolute atomic E-state index is 12.9. The Morgan fingerprint density at radius 3 is 2.59 bits per heavy atom. The quantitative estimate of drug-likeness (QED) is 0.658. The predicted molar refractivity (Wildman–Crippen MR) is 98.6 cm³/mol. The van der Waals surface area contributed by atoms with Crippen molar-refractivity contribution in [2.75, 3.05) is 18.7 Å². The maximum atomic E-state index is 12.9. The molecular weight excluding hydrogens is 387 g/mol. The Bertz CT molecular complexity index is 1090. The zero-order valence-electron chi connectivity index (χ0n) is 15.5. The third kappa shape index (κ3) is 3.51. The number of carbonyl (C=O) groups is 1. The molecule has 0 saturated carbocycles. The minimum atomic E-state index is -4.54. The highest BCUT2D eigenvalue weighted by molar-refractivity contribution is 6.06. The summed E-state index contributed by atoms with van der Waals surface area (Å²) in [6.45, 7) is 1.65. The minimum absolute atomic E-state index is 0.127. The number of anilines is 1. The molecule has 0 spiro atoms. The normalized spacial score (nSPS) is 12.9. The van der Waals surface area contributed by atoms with Gasteiger partial charge >= 0.3 is 6.18 Å². The zero-order chi connectivity index (χ0) is 20.8. The van der Waals surface area contributed by atoms with Crippen LogP contribution in [0.15, 0.2) is 48.5 Å². The number of halogens is 3. The van der Waals surface area contributed by atoms with E-state index < -0.39 is 11.9 Å². The lowest BCUT2D eigenvalue weighted by molar-refractivity contribution is -0.141. The van der Waals surface area contributed by atoms with Gasteiger partial charge in [-0.25, -0.2) is 4.68 Å². The van der Waals surface area contributed by atoms with Gasteiger partial charge in [0.25, 0.3) is 5.91 Å². The lowest BCUT2D eigenvalue weighted by atomic mass is 10.1. The fourth-order valence-corrected chi connectivity index (χ4v) is 3.05. The van der Waals surface area contributed by atoms with Gasteiger partial charge in [-0.2, -0.15) is 18.3 Å². The molecule has 0 saturated heterocycles. The van der Waals surface area contributed by atoms with Crippen LogP contribution in [0.3, 0.4) is 0 Å².